The van der Waals surface area contributed by atoms with Gasteiger partial charge in [-0.1, -0.05) is 18.2 Å². The number of halogens is 2. The predicted octanol–water partition coefficient (Wildman–Crippen LogP) is 4.37. The van der Waals surface area contributed by atoms with Gasteiger partial charge in [0, 0.05) is 5.56 Å². The second-order valence-corrected chi connectivity index (χ2v) is 8.70. The Labute approximate surface area is 213 Å². The number of aromatic hydroxyl groups is 1. The molecule has 3 heterocycles. The number of para-hydroxylation sites is 1. The fourth-order valence-electron chi connectivity index (χ4n) is 4.51. The summed E-state index contributed by atoms with van der Waals surface area (Å²) in [4.78, 5) is 26.8. The summed E-state index contributed by atoms with van der Waals surface area (Å²) in [6, 6.07) is 15.9. The lowest BCUT2D eigenvalue weighted by atomic mass is 10.1. The van der Waals surface area contributed by atoms with E-state index < -0.39 is 29.0 Å². The number of phenols is 1. The zero-order chi connectivity index (χ0) is 26.6. The first-order valence-electron chi connectivity index (χ1n) is 11.6. The van der Waals surface area contributed by atoms with Gasteiger partial charge in [0.15, 0.2) is 17.2 Å². The summed E-state index contributed by atoms with van der Waals surface area (Å²) >= 11 is 0. The molecule has 188 valence electrons. The summed E-state index contributed by atoms with van der Waals surface area (Å²) in [6.07, 6.45) is 1.28. The molecular weight excluding hydrogens is 492 g/mol. The minimum atomic E-state index is -0.824. The fourth-order valence-corrected chi connectivity index (χ4v) is 4.51. The number of fused-ring (bicyclic) bond motifs is 2. The maximum atomic E-state index is 14.2. The summed E-state index contributed by atoms with van der Waals surface area (Å²) in [5, 5.41) is 14.9. The Bertz CT molecular complexity index is 1920. The van der Waals surface area contributed by atoms with Crippen LogP contribution < -0.4 is 11.3 Å². The molecule has 3 aromatic carbocycles. The van der Waals surface area contributed by atoms with Crippen LogP contribution >= 0.6 is 0 Å². The number of nitrogen functional groups attached to an aromatic ring is 1. The molecule has 0 fully saturated rings. The number of anilines is 1. The summed E-state index contributed by atoms with van der Waals surface area (Å²) in [5.41, 5.74) is 7.57. The van der Waals surface area contributed by atoms with Gasteiger partial charge in [-0.3, -0.25) is 9.36 Å². The zero-order valence-electron chi connectivity index (χ0n) is 19.9. The zero-order valence-corrected chi connectivity index (χ0v) is 19.9. The van der Waals surface area contributed by atoms with Crippen LogP contribution in [0.2, 0.25) is 0 Å². The van der Waals surface area contributed by atoms with Gasteiger partial charge in [0.1, 0.15) is 35.5 Å². The molecule has 11 heteroatoms. The summed E-state index contributed by atoms with van der Waals surface area (Å²) in [6.45, 7) is 1.78. The molecule has 0 saturated heterocycles. The molecule has 1 unspecified atom stereocenters. The van der Waals surface area contributed by atoms with E-state index in [4.69, 9.17) is 15.8 Å². The lowest BCUT2D eigenvalue weighted by Gasteiger charge is -2.19. The number of hydrogen-bond donors (Lipinski definition) is 2. The summed E-state index contributed by atoms with van der Waals surface area (Å²) in [5.74, 6) is -1.44. The van der Waals surface area contributed by atoms with E-state index in [0.717, 1.165) is 12.1 Å². The largest absolute Gasteiger partial charge is 0.505 e. The Balaban J connectivity index is 1.64. The molecule has 3 aromatic heterocycles. The van der Waals surface area contributed by atoms with Crippen molar-refractivity contribution in [3.63, 3.8) is 0 Å². The average molecular weight is 511 g/mol. The fraction of sp³-hybridized carbons (Fsp3) is 0.0741. The van der Waals surface area contributed by atoms with Crippen molar-refractivity contribution >= 4 is 27.8 Å². The molecule has 0 spiro atoms. The molecular formula is C27H19F2N7O2. The van der Waals surface area contributed by atoms with Gasteiger partial charge in [0.05, 0.1) is 22.0 Å². The Morgan fingerprint density at radius 2 is 1.79 bits per heavy atom. The molecule has 0 bridgehead atoms. The maximum Gasteiger partial charge on any atom is 0.266 e. The molecule has 0 aliphatic rings. The van der Waals surface area contributed by atoms with Crippen LogP contribution in [0, 0.1) is 11.6 Å². The number of phenolic OH excluding ortho intramolecular Hbond substituents is 1. The number of aromatic nitrogens is 6. The van der Waals surface area contributed by atoms with E-state index in [9.17, 15) is 18.7 Å². The van der Waals surface area contributed by atoms with Crippen LogP contribution in [0.1, 0.15) is 18.8 Å². The normalized spacial score (nSPS) is 12.3. The van der Waals surface area contributed by atoms with Crippen molar-refractivity contribution in [2.45, 2.75) is 13.0 Å². The third-order valence-corrected chi connectivity index (χ3v) is 6.35. The van der Waals surface area contributed by atoms with Crippen LogP contribution in [0.25, 0.3) is 38.9 Å². The van der Waals surface area contributed by atoms with Crippen LogP contribution in [0.3, 0.4) is 0 Å². The second kappa shape index (κ2) is 8.73. The summed E-state index contributed by atoms with van der Waals surface area (Å²) in [7, 11) is 0. The molecule has 6 rings (SSSR count). The molecule has 6 aromatic rings. The van der Waals surface area contributed by atoms with Crippen LogP contribution in [-0.2, 0) is 0 Å². The molecule has 0 aliphatic heterocycles. The van der Waals surface area contributed by atoms with Gasteiger partial charge < -0.3 is 10.8 Å². The molecule has 38 heavy (non-hydrogen) atoms. The lowest BCUT2D eigenvalue weighted by molar-refractivity contribution is 0.432. The van der Waals surface area contributed by atoms with Crippen molar-refractivity contribution < 1.29 is 13.9 Å². The second-order valence-electron chi connectivity index (χ2n) is 8.70. The average Bonchev–Trinajstić information content (AvgIpc) is 3.31. The van der Waals surface area contributed by atoms with Gasteiger partial charge in [0.25, 0.3) is 5.56 Å². The highest BCUT2D eigenvalue weighted by Crippen LogP contribution is 2.34. The third kappa shape index (κ3) is 3.63. The quantitative estimate of drug-likeness (QED) is 0.360. The van der Waals surface area contributed by atoms with Crippen molar-refractivity contribution in [2.75, 3.05) is 5.73 Å². The molecule has 0 aliphatic carbocycles. The predicted molar refractivity (Wildman–Crippen MR) is 138 cm³/mol. The Morgan fingerprint density at radius 3 is 2.55 bits per heavy atom. The van der Waals surface area contributed by atoms with E-state index in [1.807, 2.05) is 6.07 Å². The van der Waals surface area contributed by atoms with Crippen molar-refractivity contribution in [1.29, 1.82) is 0 Å². The van der Waals surface area contributed by atoms with Gasteiger partial charge in [-0.05, 0) is 55.5 Å². The van der Waals surface area contributed by atoms with Gasteiger partial charge in [-0.25, -0.2) is 28.4 Å². The maximum absolute atomic E-state index is 14.2. The minimum Gasteiger partial charge on any atom is -0.505 e. The molecule has 0 saturated carbocycles. The molecule has 9 nitrogen and oxygen atoms in total. The molecule has 0 amide bonds. The van der Waals surface area contributed by atoms with E-state index in [1.54, 1.807) is 31.2 Å². The SMILES string of the molecule is CC(c1nc2ccc(F)cc2c(=O)n1-c1ccccc1)n1nc(-c2ccc(O)c(F)c2)c2c(N)ncnc21. The molecule has 0 radical (unpaired) electrons. The Kier molecular flexibility index (Phi) is 5.34. The number of nitrogens with two attached hydrogens (primary N) is 1. The van der Waals surface area contributed by atoms with E-state index in [0.29, 0.717) is 39.3 Å². The monoisotopic (exact) mass is 511 g/mol. The highest BCUT2D eigenvalue weighted by Gasteiger charge is 2.25. The highest BCUT2D eigenvalue weighted by molar-refractivity contribution is 5.98. The number of rotatable bonds is 4. The number of benzene rings is 3. The van der Waals surface area contributed by atoms with Crippen molar-refractivity contribution in [3.8, 4) is 22.7 Å². The van der Waals surface area contributed by atoms with Crippen LogP contribution in [0.4, 0.5) is 14.6 Å². The van der Waals surface area contributed by atoms with E-state index in [2.05, 4.69) is 9.97 Å². The van der Waals surface area contributed by atoms with E-state index >= 15 is 0 Å². The van der Waals surface area contributed by atoms with Gasteiger partial charge in [-0.2, -0.15) is 5.10 Å². The number of hydrogen-bond acceptors (Lipinski definition) is 7. The van der Waals surface area contributed by atoms with E-state index in [1.165, 1.54) is 39.8 Å². The number of nitrogens with zero attached hydrogens (tertiary/aromatic N) is 6. The smallest absolute Gasteiger partial charge is 0.266 e. The van der Waals surface area contributed by atoms with Gasteiger partial charge in [0.2, 0.25) is 0 Å². The summed E-state index contributed by atoms with van der Waals surface area (Å²) < 4.78 is 31.2. The van der Waals surface area contributed by atoms with Crippen molar-refractivity contribution in [3.05, 3.63) is 101 Å². The first-order chi connectivity index (χ1) is 18.3. The van der Waals surface area contributed by atoms with E-state index in [-0.39, 0.29) is 11.2 Å². The van der Waals surface area contributed by atoms with Crippen LogP contribution in [0.15, 0.2) is 77.9 Å². The molecule has 3 N–H and O–H groups in total. The van der Waals surface area contributed by atoms with Gasteiger partial charge >= 0.3 is 0 Å². The Hall–Kier alpha value is -5.19. The van der Waals surface area contributed by atoms with Gasteiger partial charge in [-0.15, -0.1) is 0 Å². The standard InChI is InChI=1S/C27H19F2N7O2/c1-14(25-33-20-9-8-16(28)12-18(20)27(38)35(25)17-5-3-2-4-6-17)36-26-22(24(30)31-13-32-26)23(34-36)15-7-10-21(37)19(29)11-15/h2-14,37H,1H3,(H2,30,31,32). The first kappa shape index (κ1) is 23.2. The van der Waals surface area contributed by atoms with Crippen molar-refractivity contribution in [2.24, 2.45) is 0 Å². The lowest BCUT2D eigenvalue weighted by Crippen LogP contribution is -2.27. The topological polar surface area (TPSA) is 125 Å². The minimum absolute atomic E-state index is 0.124. The van der Waals surface area contributed by atoms with Crippen LogP contribution in [-0.4, -0.2) is 34.4 Å². The third-order valence-electron chi connectivity index (χ3n) is 6.35. The first-order valence-corrected chi connectivity index (χ1v) is 11.6. The highest BCUT2D eigenvalue weighted by atomic mass is 19.1. The Morgan fingerprint density at radius 1 is 1.00 bits per heavy atom. The van der Waals surface area contributed by atoms with Crippen LogP contribution in [0.5, 0.6) is 5.75 Å². The molecule has 1 atom stereocenters. The van der Waals surface area contributed by atoms with Crippen molar-refractivity contribution in [1.82, 2.24) is 29.3 Å².